The van der Waals surface area contributed by atoms with Gasteiger partial charge in [-0.2, -0.15) is 5.10 Å². The second-order valence-corrected chi connectivity index (χ2v) is 3.13. The lowest BCUT2D eigenvalue weighted by Crippen LogP contribution is -2.35. The molecule has 0 aliphatic heterocycles. The largest absolute Gasteiger partial charge is 0.338 e. The van der Waals surface area contributed by atoms with Crippen LogP contribution >= 0.6 is 0 Å². The maximum absolute atomic E-state index is 11.2. The summed E-state index contributed by atoms with van der Waals surface area (Å²) in [6.07, 6.45) is 2.66. The molecule has 5 nitrogen and oxygen atoms in total. The SMILES string of the molecule is CCCNC(=O)NCc1cn[nH]c1C. The number of rotatable bonds is 4. The van der Waals surface area contributed by atoms with Gasteiger partial charge in [0.05, 0.1) is 6.20 Å². The van der Waals surface area contributed by atoms with E-state index in [-0.39, 0.29) is 6.03 Å². The minimum absolute atomic E-state index is 0.132. The Hall–Kier alpha value is -1.52. The number of amides is 2. The number of hydrogen-bond donors (Lipinski definition) is 3. The number of nitrogens with zero attached hydrogens (tertiary/aromatic N) is 1. The third kappa shape index (κ3) is 3.08. The summed E-state index contributed by atoms with van der Waals surface area (Å²) in [7, 11) is 0. The molecule has 14 heavy (non-hydrogen) atoms. The first-order valence-corrected chi connectivity index (χ1v) is 4.74. The zero-order valence-corrected chi connectivity index (χ0v) is 8.55. The van der Waals surface area contributed by atoms with E-state index >= 15 is 0 Å². The van der Waals surface area contributed by atoms with Crippen LogP contribution in [0.2, 0.25) is 0 Å². The van der Waals surface area contributed by atoms with Crippen LogP contribution in [-0.2, 0) is 6.54 Å². The highest BCUT2D eigenvalue weighted by Crippen LogP contribution is 2.00. The molecule has 78 valence electrons. The van der Waals surface area contributed by atoms with Gasteiger partial charge in [0.15, 0.2) is 0 Å². The van der Waals surface area contributed by atoms with Crippen LogP contribution in [0.15, 0.2) is 6.20 Å². The van der Waals surface area contributed by atoms with E-state index < -0.39 is 0 Å². The molecule has 1 rings (SSSR count). The lowest BCUT2D eigenvalue weighted by atomic mass is 10.3. The highest BCUT2D eigenvalue weighted by molar-refractivity contribution is 5.73. The van der Waals surface area contributed by atoms with Crippen molar-refractivity contribution in [3.05, 3.63) is 17.5 Å². The summed E-state index contributed by atoms with van der Waals surface area (Å²) in [5, 5.41) is 12.2. The Kier molecular flexibility index (Phi) is 3.97. The van der Waals surface area contributed by atoms with Gasteiger partial charge in [-0.1, -0.05) is 6.92 Å². The Morgan fingerprint density at radius 3 is 2.93 bits per heavy atom. The Balaban J connectivity index is 2.27. The van der Waals surface area contributed by atoms with Gasteiger partial charge in [0.25, 0.3) is 0 Å². The molecule has 0 radical (unpaired) electrons. The smallest absolute Gasteiger partial charge is 0.315 e. The molecule has 0 aliphatic rings. The van der Waals surface area contributed by atoms with Gasteiger partial charge in [-0.3, -0.25) is 5.10 Å². The summed E-state index contributed by atoms with van der Waals surface area (Å²) >= 11 is 0. The van der Waals surface area contributed by atoms with Gasteiger partial charge in [0, 0.05) is 24.3 Å². The molecule has 1 heterocycles. The van der Waals surface area contributed by atoms with Crippen LogP contribution in [-0.4, -0.2) is 22.8 Å². The van der Waals surface area contributed by atoms with Crippen molar-refractivity contribution in [3.63, 3.8) is 0 Å². The van der Waals surface area contributed by atoms with Gasteiger partial charge in [-0.15, -0.1) is 0 Å². The van der Waals surface area contributed by atoms with E-state index in [1.54, 1.807) is 6.20 Å². The average Bonchev–Trinajstić information content (AvgIpc) is 2.58. The molecule has 0 saturated heterocycles. The molecule has 0 atom stereocenters. The molecular weight excluding hydrogens is 180 g/mol. The third-order valence-electron chi connectivity index (χ3n) is 1.91. The molecule has 0 bridgehead atoms. The molecule has 0 unspecified atom stereocenters. The number of aryl methyl sites for hydroxylation is 1. The van der Waals surface area contributed by atoms with E-state index in [1.165, 1.54) is 0 Å². The first kappa shape index (κ1) is 10.6. The Labute approximate surface area is 83.3 Å². The number of H-pyrrole nitrogens is 1. The number of carbonyl (C=O) groups is 1. The van der Waals surface area contributed by atoms with Crippen LogP contribution in [0.25, 0.3) is 0 Å². The van der Waals surface area contributed by atoms with E-state index in [2.05, 4.69) is 20.8 Å². The topological polar surface area (TPSA) is 69.8 Å². The van der Waals surface area contributed by atoms with Crippen molar-refractivity contribution in [1.82, 2.24) is 20.8 Å². The molecule has 5 heteroatoms. The number of nitrogens with one attached hydrogen (secondary N) is 3. The van der Waals surface area contributed by atoms with Crippen LogP contribution in [0.4, 0.5) is 4.79 Å². The van der Waals surface area contributed by atoms with Gasteiger partial charge in [-0.05, 0) is 13.3 Å². The minimum atomic E-state index is -0.132. The second-order valence-electron chi connectivity index (χ2n) is 3.13. The monoisotopic (exact) mass is 196 g/mol. The number of aromatic amines is 1. The predicted molar refractivity (Wildman–Crippen MR) is 53.9 cm³/mol. The summed E-state index contributed by atoms with van der Waals surface area (Å²) in [5.41, 5.74) is 2.00. The fraction of sp³-hybridized carbons (Fsp3) is 0.556. The molecule has 2 amide bonds. The van der Waals surface area contributed by atoms with Crippen molar-refractivity contribution in [2.24, 2.45) is 0 Å². The van der Waals surface area contributed by atoms with Crippen LogP contribution in [0, 0.1) is 6.92 Å². The van der Waals surface area contributed by atoms with Crippen LogP contribution in [0.5, 0.6) is 0 Å². The zero-order valence-electron chi connectivity index (χ0n) is 8.55. The lowest BCUT2D eigenvalue weighted by Gasteiger charge is -2.05. The average molecular weight is 196 g/mol. The van der Waals surface area contributed by atoms with E-state index in [1.807, 2.05) is 13.8 Å². The fourth-order valence-electron chi connectivity index (χ4n) is 1.03. The maximum atomic E-state index is 11.2. The number of hydrogen-bond acceptors (Lipinski definition) is 2. The van der Waals surface area contributed by atoms with Gasteiger partial charge < -0.3 is 10.6 Å². The highest BCUT2D eigenvalue weighted by atomic mass is 16.2. The Morgan fingerprint density at radius 1 is 1.57 bits per heavy atom. The molecule has 0 aromatic carbocycles. The van der Waals surface area contributed by atoms with E-state index in [0.717, 1.165) is 17.7 Å². The van der Waals surface area contributed by atoms with E-state index in [0.29, 0.717) is 13.1 Å². The second kappa shape index (κ2) is 5.26. The zero-order chi connectivity index (χ0) is 10.4. The van der Waals surface area contributed by atoms with Crippen molar-refractivity contribution in [3.8, 4) is 0 Å². The van der Waals surface area contributed by atoms with Crippen molar-refractivity contribution >= 4 is 6.03 Å². The summed E-state index contributed by atoms with van der Waals surface area (Å²) in [6, 6.07) is -0.132. The van der Waals surface area contributed by atoms with Crippen molar-refractivity contribution in [2.75, 3.05) is 6.54 Å². The first-order valence-electron chi connectivity index (χ1n) is 4.74. The predicted octanol–water partition coefficient (Wildman–Crippen LogP) is 0.927. The number of carbonyl (C=O) groups excluding carboxylic acids is 1. The molecule has 3 N–H and O–H groups in total. The van der Waals surface area contributed by atoms with Crippen molar-refractivity contribution in [2.45, 2.75) is 26.8 Å². The quantitative estimate of drug-likeness (QED) is 0.670. The maximum Gasteiger partial charge on any atom is 0.315 e. The summed E-state index contributed by atoms with van der Waals surface area (Å²) in [6.45, 7) is 5.16. The van der Waals surface area contributed by atoms with Gasteiger partial charge in [0.1, 0.15) is 0 Å². The molecule has 1 aromatic rings. The van der Waals surface area contributed by atoms with Crippen LogP contribution in [0.3, 0.4) is 0 Å². The van der Waals surface area contributed by atoms with Crippen molar-refractivity contribution < 1.29 is 4.79 Å². The van der Waals surface area contributed by atoms with Crippen LogP contribution in [0.1, 0.15) is 24.6 Å². The number of urea groups is 1. The Morgan fingerprint density at radius 2 is 2.36 bits per heavy atom. The summed E-state index contributed by atoms with van der Waals surface area (Å²) < 4.78 is 0. The van der Waals surface area contributed by atoms with Crippen LogP contribution < -0.4 is 10.6 Å². The minimum Gasteiger partial charge on any atom is -0.338 e. The molecular formula is C9H16N4O. The Bertz CT molecular complexity index is 295. The highest BCUT2D eigenvalue weighted by Gasteiger charge is 2.02. The van der Waals surface area contributed by atoms with Gasteiger partial charge in [-0.25, -0.2) is 4.79 Å². The van der Waals surface area contributed by atoms with Gasteiger partial charge in [0.2, 0.25) is 0 Å². The summed E-state index contributed by atoms with van der Waals surface area (Å²) in [4.78, 5) is 11.2. The fourth-order valence-corrected chi connectivity index (χ4v) is 1.03. The van der Waals surface area contributed by atoms with Gasteiger partial charge >= 0.3 is 6.03 Å². The van der Waals surface area contributed by atoms with E-state index in [9.17, 15) is 4.79 Å². The lowest BCUT2D eigenvalue weighted by molar-refractivity contribution is 0.240. The third-order valence-corrected chi connectivity index (χ3v) is 1.91. The van der Waals surface area contributed by atoms with Crippen molar-refractivity contribution in [1.29, 1.82) is 0 Å². The number of aromatic nitrogens is 2. The molecule has 0 aliphatic carbocycles. The molecule has 0 fully saturated rings. The first-order chi connectivity index (χ1) is 6.74. The van der Waals surface area contributed by atoms with E-state index in [4.69, 9.17) is 0 Å². The molecule has 1 aromatic heterocycles. The normalized spacial score (nSPS) is 9.86. The summed E-state index contributed by atoms with van der Waals surface area (Å²) in [5.74, 6) is 0. The molecule has 0 spiro atoms. The molecule has 0 saturated carbocycles. The standard InChI is InChI=1S/C9H16N4O/c1-3-4-10-9(14)11-5-8-6-12-13-7(8)2/h6H,3-5H2,1-2H3,(H,12,13)(H2,10,11,14).